The molecule has 25 heavy (non-hydrogen) atoms. The quantitative estimate of drug-likeness (QED) is 0.576. The third-order valence-electron chi connectivity index (χ3n) is 3.37. The maximum absolute atomic E-state index is 11.7. The van der Waals surface area contributed by atoms with E-state index in [4.69, 9.17) is 0 Å². The highest BCUT2D eigenvalue weighted by Gasteiger charge is 2.28. The molecular weight excluding hydrogens is 320 g/mol. The summed E-state index contributed by atoms with van der Waals surface area (Å²) < 4.78 is 0. The van der Waals surface area contributed by atoms with Crippen LogP contribution >= 0.6 is 0 Å². The summed E-state index contributed by atoms with van der Waals surface area (Å²) in [5, 5.41) is 14.7. The Bertz CT molecular complexity index is 696. The summed E-state index contributed by atoms with van der Waals surface area (Å²) in [6.45, 7) is 9.67. The smallest absolute Gasteiger partial charge is 0.350 e. The van der Waals surface area contributed by atoms with Crippen molar-refractivity contribution in [3.63, 3.8) is 0 Å². The average molecular weight is 344 g/mol. The van der Waals surface area contributed by atoms with E-state index in [0.29, 0.717) is 36.6 Å². The van der Waals surface area contributed by atoms with Crippen LogP contribution < -0.4 is 10.2 Å². The Kier molecular flexibility index (Phi) is 6.21. The van der Waals surface area contributed by atoms with Crippen LogP contribution in [0.2, 0.25) is 0 Å². The summed E-state index contributed by atoms with van der Waals surface area (Å²) in [7, 11) is 0. The van der Waals surface area contributed by atoms with Crippen LogP contribution in [0, 0.1) is 22.0 Å². The lowest BCUT2D eigenvalue weighted by atomic mass is 10.1. The molecule has 8 heteroatoms. The van der Waals surface area contributed by atoms with Crippen molar-refractivity contribution in [3.8, 4) is 0 Å². The fourth-order valence-electron chi connectivity index (χ4n) is 2.55. The van der Waals surface area contributed by atoms with Crippen LogP contribution in [0.4, 0.5) is 23.1 Å². The van der Waals surface area contributed by atoms with Gasteiger partial charge in [0.15, 0.2) is 0 Å². The molecule has 2 aromatic heterocycles. The van der Waals surface area contributed by atoms with Gasteiger partial charge in [-0.2, -0.15) is 0 Å². The third-order valence-corrected chi connectivity index (χ3v) is 3.37. The second-order valence-electron chi connectivity index (χ2n) is 6.68. The zero-order chi connectivity index (χ0) is 18.4. The van der Waals surface area contributed by atoms with E-state index in [9.17, 15) is 10.1 Å². The molecule has 0 aliphatic carbocycles. The maximum atomic E-state index is 11.7. The largest absolute Gasteiger partial charge is 0.353 e. The van der Waals surface area contributed by atoms with Gasteiger partial charge in [0, 0.05) is 19.3 Å². The number of hydrogen-bond acceptors (Lipinski definition) is 7. The van der Waals surface area contributed by atoms with Crippen molar-refractivity contribution < 1.29 is 4.92 Å². The van der Waals surface area contributed by atoms with Gasteiger partial charge in [-0.05, 0) is 24.0 Å². The second-order valence-corrected chi connectivity index (χ2v) is 6.68. The van der Waals surface area contributed by atoms with Crippen LogP contribution in [0.3, 0.4) is 0 Å². The monoisotopic (exact) mass is 344 g/mol. The Morgan fingerprint density at radius 1 is 1.12 bits per heavy atom. The number of aromatic nitrogens is 3. The molecule has 0 atom stereocenters. The highest BCUT2D eigenvalue weighted by molar-refractivity contribution is 5.73. The van der Waals surface area contributed by atoms with E-state index in [0.717, 1.165) is 0 Å². The normalized spacial score (nSPS) is 11.0. The minimum Gasteiger partial charge on any atom is -0.350 e. The average Bonchev–Trinajstić information content (AvgIpc) is 2.54. The van der Waals surface area contributed by atoms with Gasteiger partial charge in [0.1, 0.15) is 12.1 Å². The molecule has 134 valence electrons. The van der Waals surface area contributed by atoms with Crippen LogP contribution in [0.25, 0.3) is 0 Å². The Labute approximate surface area is 147 Å². The van der Waals surface area contributed by atoms with Crippen molar-refractivity contribution in [2.24, 2.45) is 11.8 Å². The first-order valence-electron chi connectivity index (χ1n) is 8.30. The van der Waals surface area contributed by atoms with E-state index in [2.05, 4.69) is 48.0 Å². The summed E-state index contributed by atoms with van der Waals surface area (Å²) in [5.41, 5.74) is -0.130. The van der Waals surface area contributed by atoms with Gasteiger partial charge in [-0.15, -0.1) is 0 Å². The number of rotatable bonds is 8. The Hall–Kier alpha value is -2.77. The number of nitrogens with zero attached hydrogens (tertiary/aromatic N) is 5. The fraction of sp³-hybridized carbons (Fsp3) is 0.471. The highest BCUT2D eigenvalue weighted by Crippen LogP contribution is 2.33. The zero-order valence-electron chi connectivity index (χ0n) is 15.0. The molecule has 1 N–H and O–H groups in total. The molecule has 0 aliphatic heterocycles. The number of pyridine rings is 1. The van der Waals surface area contributed by atoms with Crippen molar-refractivity contribution in [2.75, 3.05) is 23.3 Å². The summed E-state index contributed by atoms with van der Waals surface area (Å²) in [6, 6.07) is 5.30. The number of nitrogens with one attached hydrogen (secondary N) is 1. The van der Waals surface area contributed by atoms with Gasteiger partial charge < -0.3 is 10.2 Å². The molecule has 0 aliphatic rings. The lowest BCUT2D eigenvalue weighted by Gasteiger charge is -2.27. The van der Waals surface area contributed by atoms with E-state index < -0.39 is 4.92 Å². The molecule has 0 unspecified atom stereocenters. The van der Waals surface area contributed by atoms with Crippen molar-refractivity contribution in [1.29, 1.82) is 0 Å². The predicted molar refractivity (Wildman–Crippen MR) is 98.1 cm³/mol. The lowest BCUT2D eigenvalue weighted by Crippen LogP contribution is -2.32. The molecule has 0 bridgehead atoms. The van der Waals surface area contributed by atoms with Gasteiger partial charge in [-0.3, -0.25) is 10.1 Å². The Balaban J connectivity index is 2.45. The summed E-state index contributed by atoms with van der Waals surface area (Å²) in [6.07, 6.45) is 2.96. The first kappa shape index (κ1) is 18.6. The van der Waals surface area contributed by atoms with Crippen LogP contribution in [-0.4, -0.2) is 33.0 Å². The first-order valence-corrected chi connectivity index (χ1v) is 8.30. The van der Waals surface area contributed by atoms with E-state index in [-0.39, 0.29) is 11.5 Å². The Morgan fingerprint density at radius 3 is 2.32 bits per heavy atom. The molecular formula is C17H24N6O2. The molecule has 0 saturated carbocycles. The van der Waals surface area contributed by atoms with Gasteiger partial charge in [-0.25, -0.2) is 15.0 Å². The van der Waals surface area contributed by atoms with Crippen LogP contribution in [-0.2, 0) is 0 Å². The lowest BCUT2D eigenvalue weighted by molar-refractivity contribution is -0.383. The maximum Gasteiger partial charge on any atom is 0.353 e. The third kappa shape index (κ3) is 5.10. The molecule has 0 amide bonds. The van der Waals surface area contributed by atoms with Gasteiger partial charge in [0.05, 0.1) is 4.92 Å². The molecule has 0 spiro atoms. The van der Waals surface area contributed by atoms with E-state index in [1.54, 1.807) is 24.4 Å². The van der Waals surface area contributed by atoms with Crippen molar-refractivity contribution in [2.45, 2.75) is 27.7 Å². The summed E-state index contributed by atoms with van der Waals surface area (Å²) in [5.74, 6) is 1.67. The predicted octanol–water partition coefficient (Wildman–Crippen LogP) is 3.64. The molecule has 2 rings (SSSR count). The van der Waals surface area contributed by atoms with Gasteiger partial charge in [0.25, 0.3) is 0 Å². The molecule has 0 aromatic carbocycles. The second kappa shape index (κ2) is 8.36. The number of hydrogen-bond donors (Lipinski definition) is 1. The fourth-order valence-corrected chi connectivity index (χ4v) is 2.55. The number of anilines is 3. The molecule has 8 nitrogen and oxygen atoms in total. The SMILES string of the molecule is CC(C)CN(CC(C)C)c1ncnc(Nc2ccccn2)c1[N+](=O)[O-]. The van der Waals surface area contributed by atoms with Gasteiger partial charge in [-0.1, -0.05) is 33.8 Å². The van der Waals surface area contributed by atoms with Crippen molar-refractivity contribution >= 4 is 23.1 Å². The zero-order valence-corrected chi connectivity index (χ0v) is 15.0. The molecule has 2 aromatic rings. The topological polar surface area (TPSA) is 97.1 Å². The van der Waals surface area contributed by atoms with Crippen molar-refractivity contribution in [1.82, 2.24) is 15.0 Å². The standard InChI is InChI=1S/C17H24N6O2/c1-12(2)9-22(10-13(3)4)17-15(23(24)25)16(19-11-20-17)21-14-7-5-6-8-18-14/h5-8,11-13H,9-10H2,1-4H3,(H,18,19,20,21). The van der Waals surface area contributed by atoms with Crippen molar-refractivity contribution in [3.05, 3.63) is 40.8 Å². The molecule has 0 radical (unpaired) electrons. The summed E-state index contributed by atoms with van der Waals surface area (Å²) in [4.78, 5) is 25.7. The van der Waals surface area contributed by atoms with E-state index >= 15 is 0 Å². The van der Waals surface area contributed by atoms with E-state index in [1.807, 2.05) is 4.90 Å². The number of nitro groups is 1. The highest BCUT2D eigenvalue weighted by atomic mass is 16.6. The molecule has 2 heterocycles. The first-order chi connectivity index (χ1) is 11.9. The minimum atomic E-state index is -0.436. The van der Waals surface area contributed by atoms with Crippen LogP contribution in [0.1, 0.15) is 27.7 Å². The van der Waals surface area contributed by atoms with Gasteiger partial charge >= 0.3 is 5.69 Å². The van der Waals surface area contributed by atoms with Crippen LogP contribution in [0.15, 0.2) is 30.7 Å². The van der Waals surface area contributed by atoms with Gasteiger partial charge in [0.2, 0.25) is 11.6 Å². The van der Waals surface area contributed by atoms with Crippen LogP contribution in [0.5, 0.6) is 0 Å². The molecule has 0 saturated heterocycles. The van der Waals surface area contributed by atoms with E-state index in [1.165, 1.54) is 6.33 Å². The minimum absolute atomic E-state index is 0.130. The summed E-state index contributed by atoms with van der Waals surface area (Å²) >= 11 is 0. The molecule has 0 fully saturated rings. The Morgan fingerprint density at radius 2 is 1.80 bits per heavy atom.